The number of piperazine rings is 1. The van der Waals surface area contributed by atoms with Gasteiger partial charge in [-0.15, -0.1) is 0 Å². The highest BCUT2D eigenvalue weighted by atomic mass is 32.2. The van der Waals surface area contributed by atoms with Gasteiger partial charge >= 0.3 is 0 Å². The Morgan fingerprint density at radius 1 is 0.938 bits per heavy atom. The summed E-state index contributed by atoms with van der Waals surface area (Å²) < 4.78 is 0. The van der Waals surface area contributed by atoms with E-state index in [-0.39, 0.29) is 16.6 Å². The largest absolute Gasteiger partial charge is 0.369 e. The van der Waals surface area contributed by atoms with Crippen LogP contribution >= 0.6 is 11.8 Å². The Morgan fingerprint density at radius 2 is 1.59 bits per heavy atom. The first-order valence-corrected chi connectivity index (χ1v) is 11.9. The number of anilines is 1. The van der Waals surface area contributed by atoms with E-state index in [1.807, 2.05) is 18.2 Å². The van der Waals surface area contributed by atoms with Crippen LogP contribution in [-0.4, -0.2) is 53.8 Å². The molecule has 2 amide bonds. The van der Waals surface area contributed by atoms with Crippen LogP contribution in [0.25, 0.3) is 6.08 Å². The fourth-order valence-corrected chi connectivity index (χ4v) is 4.93. The Morgan fingerprint density at radius 3 is 2.22 bits per heavy atom. The summed E-state index contributed by atoms with van der Waals surface area (Å²) in [5, 5.41) is -0.186. The third kappa shape index (κ3) is 4.92. The number of aryl methyl sites for hydroxylation is 1. The maximum absolute atomic E-state index is 12.9. The molecule has 2 aliphatic rings. The Bertz CT molecular complexity index is 1030. The number of hydrogen-bond donors (Lipinski definition) is 0. The van der Waals surface area contributed by atoms with Crippen LogP contribution in [0.3, 0.4) is 0 Å². The number of nitrogens with zero attached hydrogens (tertiary/aromatic N) is 3. The van der Waals surface area contributed by atoms with E-state index < -0.39 is 0 Å². The van der Waals surface area contributed by atoms with Gasteiger partial charge in [-0.05, 0) is 52.9 Å². The summed E-state index contributed by atoms with van der Waals surface area (Å²) in [6, 6.07) is 16.6. The SMILES string of the molecule is Cc1ccccc1N1CCN(CN2C(=O)SC(=Cc3ccc(C(C)(C)C)cc3)C2=O)CC1. The number of rotatable bonds is 4. The van der Waals surface area contributed by atoms with E-state index in [0.717, 1.165) is 43.5 Å². The number of para-hydroxylation sites is 1. The summed E-state index contributed by atoms with van der Waals surface area (Å²) >= 11 is 1.04. The molecule has 0 atom stereocenters. The van der Waals surface area contributed by atoms with Crippen molar-refractivity contribution in [3.63, 3.8) is 0 Å². The number of amides is 2. The fraction of sp³-hybridized carbons (Fsp3) is 0.385. The highest BCUT2D eigenvalue weighted by Crippen LogP contribution is 2.33. The first-order chi connectivity index (χ1) is 15.2. The number of carbonyl (C=O) groups excluding carboxylic acids is 2. The summed E-state index contributed by atoms with van der Waals surface area (Å²) in [4.78, 5) is 31.9. The summed E-state index contributed by atoms with van der Waals surface area (Å²) in [7, 11) is 0. The molecule has 2 aromatic rings. The van der Waals surface area contributed by atoms with Gasteiger partial charge in [0.05, 0.1) is 11.6 Å². The molecule has 0 spiro atoms. The molecule has 0 aliphatic carbocycles. The molecule has 2 aliphatic heterocycles. The Hall–Kier alpha value is -2.57. The maximum atomic E-state index is 12.9. The van der Waals surface area contributed by atoms with Crippen molar-refractivity contribution in [1.29, 1.82) is 0 Å². The van der Waals surface area contributed by atoms with Crippen molar-refractivity contribution in [2.24, 2.45) is 0 Å². The van der Waals surface area contributed by atoms with E-state index in [9.17, 15) is 9.59 Å². The Kier molecular flexibility index (Phi) is 6.45. The van der Waals surface area contributed by atoms with Crippen molar-refractivity contribution >= 4 is 34.7 Å². The average molecular weight is 450 g/mol. The minimum absolute atomic E-state index is 0.0829. The van der Waals surface area contributed by atoms with Crippen LogP contribution in [0.1, 0.15) is 37.5 Å². The molecule has 0 saturated carbocycles. The second-order valence-electron chi connectivity index (χ2n) is 9.51. The number of thioether (sulfide) groups is 1. The first-order valence-electron chi connectivity index (χ1n) is 11.1. The van der Waals surface area contributed by atoms with Gasteiger partial charge in [-0.25, -0.2) is 0 Å². The maximum Gasteiger partial charge on any atom is 0.294 e. The molecular formula is C26H31N3O2S. The quantitative estimate of drug-likeness (QED) is 0.607. The lowest BCUT2D eigenvalue weighted by Crippen LogP contribution is -2.51. The molecule has 2 aromatic carbocycles. The lowest BCUT2D eigenvalue weighted by Gasteiger charge is -2.37. The molecule has 32 heavy (non-hydrogen) atoms. The number of carbonyl (C=O) groups is 2. The third-order valence-corrected chi connectivity index (χ3v) is 7.03. The Balaban J connectivity index is 1.37. The molecule has 0 bridgehead atoms. The van der Waals surface area contributed by atoms with E-state index in [1.54, 1.807) is 0 Å². The van der Waals surface area contributed by atoms with Gasteiger partial charge in [-0.3, -0.25) is 19.4 Å². The van der Waals surface area contributed by atoms with E-state index in [4.69, 9.17) is 0 Å². The zero-order valence-corrected chi connectivity index (χ0v) is 20.1. The average Bonchev–Trinajstić information content (AvgIpc) is 3.02. The first kappa shape index (κ1) is 22.6. The Labute approximate surface area is 195 Å². The normalized spacial score (nSPS) is 19.3. The second kappa shape index (κ2) is 9.12. The van der Waals surface area contributed by atoms with E-state index >= 15 is 0 Å². The number of hydrogen-bond acceptors (Lipinski definition) is 5. The lowest BCUT2D eigenvalue weighted by molar-refractivity contribution is -0.124. The smallest absolute Gasteiger partial charge is 0.294 e. The van der Waals surface area contributed by atoms with Crippen LogP contribution in [0.4, 0.5) is 10.5 Å². The molecule has 0 N–H and O–H groups in total. The predicted octanol–water partition coefficient (Wildman–Crippen LogP) is 5.11. The molecule has 2 saturated heterocycles. The highest BCUT2D eigenvalue weighted by Gasteiger charge is 2.36. The molecule has 2 heterocycles. The van der Waals surface area contributed by atoms with Crippen molar-refractivity contribution < 1.29 is 9.59 Å². The van der Waals surface area contributed by atoms with Crippen molar-refractivity contribution in [2.45, 2.75) is 33.1 Å². The molecule has 0 aromatic heterocycles. The van der Waals surface area contributed by atoms with Crippen LogP contribution in [0.15, 0.2) is 53.4 Å². The van der Waals surface area contributed by atoms with Gasteiger partial charge in [0.2, 0.25) is 0 Å². The number of imide groups is 1. The standard InChI is InChI=1S/C26H31N3O2S/c1-19-7-5-6-8-22(19)28-15-13-27(14-16-28)18-29-24(30)23(32-25(29)31)17-20-9-11-21(12-10-20)26(2,3)4/h5-12,17H,13-16,18H2,1-4H3. The van der Waals surface area contributed by atoms with Gasteiger partial charge in [0.25, 0.3) is 11.1 Å². The van der Waals surface area contributed by atoms with Gasteiger partial charge in [0.15, 0.2) is 0 Å². The van der Waals surface area contributed by atoms with Crippen LogP contribution in [0.5, 0.6) is 0 Å². The van der Waals surface area contributed by atoms with Gasteiger partial charge in [-0.2, -0.15) is 0 Å². The molecule has 4 rings (SSSR count). The zero-order chi connectivity index (χ0) is 22.9. The van der Waals surface area contributed by atoms with Gasteiger partial charge in [-0.1, -0.05) is 63.2 Å². The molecule has 168 valence electrons. The lowest BCUT2D eigenvalue weighted by atomic mass is 9.87. The predicted molar refractivity (Wildman–Crippen MR) is 133 cm³/mol. The fourth-order valence-electron chi connectivity index (χ4n) is 4.10. The zero-order valence-electron chi connectivity index (χ0n) is 19.3. The minimum Gasteiger partial charge on any atom is -0.369 e. The minimum atomic E-state index is -0.193. The van der Waals surface area contributed by atoms with E-state index in [2.05, 4.69) is 73.9 Å². The molecule has 0 unspecified atom stereocenters. The third-order valence-electron chi connectivity index (χ3n) is 6.12. The van der Waals surface area contributed by atoms with Gasteiger partial charge in [0.1, 0.15) is 0 Å². The molecular weight excluding hydrogens is 418 g/mol. The van der Waals surface area contributed by atoms with Crippen molar-refractivity contribution in [2.75, 3.05) is 37.7 Å². The van der Waals surface area contributed by atoms with E-state index in [1.165, 1.54) is 21.7 Å². The van der Waals surface area contributed by atoms with Crippen LogP contribution in [-0.2, 0) is 10.2 Å². The van der Waals surface area contributed by atoms with Crippen LogP contribution in [0.2, 0.25) is 0 Å². The summed E-state index contributed by atoms with van der Waals surface area (Å²) in [5.41, 5.74) is 4.80. The van der Waals surface area contributed by atoms with Crippen molar-refractivity contribution in [1.82, 2.24) is 9.80 Å². The number of benzene rings is 2. The molecule has 6 heteroatoms. The highest BCUT2D eigenvalue weighted by molar-refractivity contribution is 8.18. The van der Waals surface area contributed by atoms with E-state index in [0.29, 0.717) is 11.6 Å². The summed E-state index contributed by atoms with van der Waals surface area (Å²) in [6.07, 6.45) is 1.83. The van der Waals surface area contributed by atoms with Gasteiger partial charge in [0, 0.05) is 31.9 Å². The van der Waals surface area contributed by atoms with Crippen molar-refractivity contribution in [3.05, 3.63) is 70.1 Å². The topological polar surface area (TPSA) is 43.9 Å². The molecule has 5 nitrogen and oxygen atoms in total. The monoisotopic (exact) mass is 449 g/mol. The molecule has 0 radical (unpaired) electrons. The van der Waals surface area contributed by atoms with Gasteiger partial charge < -0.3 is 4.90 Å². The van der Waals surface area contributed by atoms with Crippen LogP contribution < -0.4 is 4.90 Å². The summed E-state index contributed by atoms with van der Waals surface area (Å²) in [6.45, 7) is 12.4. The summed E-state index contributed by atoms with van der Waals surface area (Å²) in [5.74, 6) is -0.193. The van der Waals surface area contributed by atoms with Crippen molar-refractivity contribution in [3.8, 4) is 0 Å². The molecule has 2 fully saturated rings. The van der Waals surface area contributed by atoms with Crippen LogP contribution in [0, 0.1) is 6.92 Å². The second-order valence-corrected chi connectivity index (χ2v) is 10.5.